The quantitative estimate of drug-likeness (QED) is 0.798. The average Bonchev–Trinajstić information content (AvgIpc) is 2.87. The minimum atomic E-state index is 0.314. The van der Waals surface area contributed by atoms with Crippen molar-refractivity contribution in [1.82, 2.24) is 4.90 Å². The number of aliphatic hydroxyl groups excluding tert-OH is 1. The first-order valence-electron chi connectivity index (χ1n) is 7.34. The molecule has 1 aromatic rings. The monoisotopic (exact) mass is 262 g/mol. The molecular weight excluding hydrogens is 236 g/mol. The zero-order valence-electron chi connectivity index (χ0n) is 12.2. The Kier molecular flexibility index (Phi) is 5.23. The van der Waals surface area contributed by atoms with Gasteiger partial charge in [0.1, 0.15) is 0 Å². The molecule has 0 amide bonds. The first-order chi connectivity index (χ1) is 9.22. The van der Waals surface area contributed by atoms with E-state index < -0.39 is 0 Å². The maximum Gasteiger partial charge on any atom is 0.0431 e. The molecule has 0 saturated carbocycles. The van der Waals surface area contributed by atoms with Crippen LogP contribution >= 0.6 is 0 Å². The highest BCUT2D eigenvalue weighted by atomic mass is 16.2. The average molecular weight is 262 g/mol. The first kappa shape index (κ1) is 14.4. The third-order valence-electron chi connectivity index (χ3n) is 3.99. The molecule has 2 rings (SSSR count). The molecule has 3 heteroatoms. The van der Waals surface area contributed by atoms with Gasteiger partial charge in [0, 0.05) is 32.4 Å². The molecule has 0 aromatic heterocycles. The van der Waals surface area contributed by atoms with Crippen molar-refractivity contribution >= 4 is 5.69 Å². The summed E-state index contributed by atoms with van der Waals surface area (Å²) < 4.78 is 0. The van der Waals surface area contributed by atoms with Gasteiger partial charge >= 0.3 is 0 Å². The van der Waals surface area contributed by atoms with Gasteiger partial charge in [-0.25, -0.2) is 0 Å². The maximum atomic E-state index is 8.90. The third kappa shape index (κ3) is 3.71. The van der Waals surface area contributed by atoms with Crippen LogP contribution in [0.1, 0.15) is 37.3 Å². The van der Waals surface area contributed by atoms with Gasteiger partial charge < -0.3 is 10.0 Å². The summed E-state index contributed by atoms with van der Waals surface area (Å²) in [7, 11) is 4.18. The Labute approximate surface area is 116 Å². The van der Waals surface area contributed by atoms with Crippen LogP contribution in [0.4, 0.5) is 5.69 Å². The van der Waals surface area contributed by atoms with Gasteiger partial charge in [-0.2, -0.15) is 0 Å². The third-order valence-corrected chi connectivity index (χ3v) is 3.99. The SMILES string of the molecule is CN(C)c1cccc(C2CCCN2CCCCO)c1. The Morgan fingerprint density at radius 1 is 1.32 bits per heavy atom. The Bertz CT molecular complexity index is 392. The van der Waals surface area contributed by atoms with Gasteiger partial charge in [-0.1, -0.05) is 12.1 Å². The van der Waals surface area contributed by atoms with Crippen molar-refractivity contribution in [2.45, 2.75) is 31.7 Å². The lowest BCUT2D eigenvalue weighted by atomic mass is 10.0. The number of anilines is 1. The number of hydrogen-bond acceptors (Lipinski definition) is 3. The molecule has 1 atom stereocenters. The summed E-state index contributed by atoms with van der Waals surface area (Å²) in [5, 5.41) is 8.90. The number of rotatable bonds is 6. The van der Waals surface area contributed by atoms with Gasteiger partial charge in [-0.3, -0.25) is 4.90 Å². The largest absolute Gasteiger partial charge is 0.396 e. The van der Waals surface area contributed by atoms with E-state index in [1.54, 1.807) is 0 Å². The highest BCUT2D eigenvalue weighted by Gasteiger charge is 2.25. The fourth-order valence-corrected chi connectivity index (χ4v) is 2.91. The highest BCUT2D eigenvalue weighted by Crippen LogP contribution is 2.33. The molecule has 1 aromatic carbocycles. The van der Waals surface area contributed by atoms with Gasteiger partial charge in [0.05, 0.1) is 0 Å². The van der Waals surface area contributed by atoms with Gasteiger partial charge in [0.15, 0.2) is 0 Å². The normalized spacial score (nSPS) is 19.8. The lowest BCUT2D eigenvalue weighted by Gasteiger charge is -2.25. The second-order valence-corrected chi connectivity index (χ2v) is 5.61. The van der Waals surface area contributed by atoms with Crippen molar-refractivity contribution in [2.24, 2.45) is 0 Å². The van der Waals surface area contributed by atoms with Crippen LogP contribution in [0.5, 0.6) is 0 Å². The zero-order chi connectivity index (χ0) is 13.7. The fourth-order valence-electron chi connectivity index (χ4n) is 2.91. The molecule has 0 aliphatic carbocycles. The predicted octanol–water partition coefficient (Wildman–Crippen LogP) is 2.66. The van der Waals surface area contributed by atoms with E-state index in [1.807, 2.05) is 0 Å². The smallest absolute Gasteiger partial charge is 0.0431 e. The Morgan fingerprint density at radius 3 is 2.89 bits per heavy atom. The number of hydrogen-bond donors (Lipinski definition) is 1. The van der Waals surface area contributed by atoms with Crippen LogP contribution in [0.2, 0.25) is 0 Å². The number of benzene rings is 1. The highest BCUT2D eigenvalue weighted by molar-refractivity contribution is 5.48. The summed E-state index contributed by atoms with van der Waals surface area (Å²) >= 11 is 0. The molecule has 1 saturated heterocycles. The summed E-state index contributed by atoms with van der Waals surface area (Å²) in [5.74, 6) is 0. The lowest BCUT2D eigenvalue weighted by molar-refractivity contribution is 0.231. The van der Waals surface area contributed by atoms with Crippen molar-refractivity contribution in [1.29, 1.82) is 0 Å². The van der Waals surface area contributed by atoms with Crippen LogP contribution < -0.4 is 4.90 Å². The molecular formula is C16H26N2O. The van der Waals surface area contributed by atoms with E-state index in [2.05, 4.69) is 48.2 Å². The molecule has 1 fully saturated rings. The van der Waals surface area contributed by atoms with Crippen LogP contribution in [0.3, 0.4) is 0 Å². The van der Waals surface area contributed by atoms with E-state index in [-0.39, 0.29) is 0 Å². The molecule has 1 N–H and O–H groups in total. The van der Waals surface area contributed by atoms with E-state index in [9.17, 15) is 0 Å². The van der Waals surface area contributed by atoms with E-state index in [1.165, 1.54) is 30.6 Å². The van der Waals surface area contributed by atoms with Gasteiger partial charge in [0.25, 0.3) is 0 Å². The van der Waals surface area contributed by atoms with Crippen LogP contribution in [0.15, 0.2) is 24.3 Å². The topological polar surface area (TPSA) is 26.7 Å². The van der Waals surface area contributed by atoms with Crippen LogP contribution in [-0.4, -0.2) is 43.8 Å². The minimum absolute atomic E-state index is 0.314. The molecule has 1 aliphatic rings. The number of aliphatic hydroxyl groups is 1. The predicted molar refractivity (Wildman–Crippen MR) is 80.6 cm³/mol. The van der Waals surface area contributed by atoms with Crippen LogP contribution in [0, 0.1) is 0 Å². The molecule has 19 heavy (non-hydrogen) atoms. The Balaban J connectivity index is 2.04. The van der Waals surface area contributed by atoms with Crippen molar-refractivity contribution in [3.05, 3.63) is 29.8 Å². The second kappa shape index (κ2) is 6.92. The minimum Gasteiger partial charge on any atom is -0.396 e. The standard InChI is InChI=1S/C16H26N2O/c1-17(2)15-8-5-7-14(13-15)16-9-6-11-18(16)10-3-4-12-19/h5,7-8,13,16,19H,3-4,6,9-12H2,1-2H3. The molecule has 0 bridgehead atoms. The molecule has 1 aliphatic heterocycles. The van der Waals surface area contributed by atoms with Crippen molar-refractivity contribution < 1.29 is 5.11 Å². The van der Waals surface area contributed by atoms with Gasteiger partial charge in [-0.05, 0) is 56.5 Å². The fraction of sp³-hybridized carbons (Fsp3) is 0.625. The zero-order valence-corrected chi connectivity index (χ0v) is 12.2. The summed E-state index contributed by atoms with van der Waals surface area (Å²) in [6.07, 6.45) is 4.56. The number of nitrogens with zero attached hydrogens (tertiary/aromatic N) is 2. The van der Waals surface area contributed by atoms with Crippen LogP contribution in [-0.2, 0) is 0 Å². The number of likely N-dealkylation sites (tertiary alicyclic amines) is 1. The summed E-state index contributed by atoms with van der Waals surface area (Å²) in [4.78, 5) is 4.74. The van der Waals surface area contributed by atoms with Crippen molar-refractivity contribution in [2.75, 3.05) is 38.7 Å². The first-order valence-corrected chi connectivity index (χ1v) is 7.34. The maximum absolute atomic E-state index is 8.90. The summed E-state index contributed by atoms with van der Waals surface area (Å²) in [6.45, 7) is 2.62. The second-order valence-electron chi connectivity index (χ2n) is 5.61. The molecule has 106 valence electrons. The molecule has 1 unspecified atom stereocenters. The molecule has 0 spiro atoms. The van der Waals surface area contributed by atoms with Crippen molar-refractivity contribution in [3.63, 3.8) is 0 Å². The molecule has 3 nitrogen and oxygen atoms in total. The van der Waals surface area contributed by atoms with E-state index in [4.69, 9.17) is 5.11 Å². The molecule has 1 heterocycles. The van der Waals surface area contributed by atoms with E-state index >= 15 is 0 Å². The Morgan fingerprint density at radius 2 is 2.16 bits per heavy atom. The Hall–Kier alpha value is -1.06. The number of unbranched alkanes of at least 4 members (excludes halogenated alkanes) is 1. The lowest BCUT2D eigenvalue weighted by Crippen LogP contribution is -2.24. The summed E-state index contributed by atoms with van der Waals surface area (Å²) in [5.41, 5.74) is 2.72. The van der Waals surface area contributed by atoms with E-state index in [0.717, 1.165) is 19.4 Å². The summed E-state index contributed by atoms with van der Waals surface area (Å²) in [6, 6.07) is 9.46. The van der Waals surface area contributed by atoms with Gasteiger partial charge in [0.2, 0.25) is 0 Å². The van der Waals surface area contributed by atoms with Crippen LogP contribution in [0.25, 0.3) is 0 Å². The van der Waals surface area contributed by atoms with E-state index in [0.29, 0.717) is 12.6 Å². The molecule has 0 radical (unpaired) electrons. The van der Waals surface area contributed by atoms with Crippen molar-refractivity contribution in [3.8, 4) is 0 Å². The van der Waals surface area contributed by atoms with Gasteiger partial charge in [-0.15, -0.1) is 0 Å².